The molecule has 3 N–H and O–H groups in total. The Morgan fingerprint density at radius 3 is 2.80 bits per heavy atom. The van der Waals surface area contributed by atoms with Crippen LogP contribution in [-0.2, 0) is 11.2 Å². The van der Waals surface area contributed by atoms with Crippen LogP contribution in [0.2, 0.25) is 0 Å². The maximum absolute atomic E-state index is 12.2. The van der Waals surface area contributed by atoms with E-state index in [1.54, 1.807) is 29.2 Å². The molecule has 1 unspecified atom stereocenters. The van der Waals surface area contributed by atoms with E-state index in [1.165, 1.54) is 0 Å². The van der Waals surface area contributed by atoms with Gasteiger partial charge in [-0.15, -0.1) is 0 Å². The fourth-order valence-corrected chi connectivity index (χ4v) is 2.44. The topological polar surface area (TPSA) is 89.9 Å². The first-order valence-electron chi connectivity index (χ1n) is 6.60. The number of nitrogens with zero attached hydrogens (tertiary/aromatic N) is 1. The molecule has 0 bridgehead atoms. The van der Waals surface area contributed by atoms with E-state index in [4.69, 9.17) is 5.11 Å². The standard InChI is InChI=1S/C14H18N2O4/c17-9-11-5-3-7-16(11)14(20)15-12-6-2-1-4-10(12)8-13(18)19/h1-2,4,6,11,17H,3,5,7-9H2,(H,15,20)(H,18,19). The van der Waals surface area contributed by atoms with Gasteiger partial charge in [-0.3, -0.25) is 4.79 Å². The molecular weight excluding hydrogens is 260 g/mol. The van der Waals surface area contributed by atoms with Crippen molar-refractivity contribution >= 4 is 17.7 Å². The van der Waals surface area contributed by atoms with Crippen LogP contribution in [0.5, 0.6) is 0 Å². The number of hydrogen-bond acceptors (Lipinski definition) is 3. The van der Waals surface area contributed by atoms with E-state index < -0.39 is 5.97 Å². The first kappa shape index (κ1) is 14.3. The third-order valence-corrected chi connectivity index (χ3v) is 3.45. The normalized spacial score (nSPS) is 18.1. The Hall–Kier alpha value is -2.08. The summed E-state index contributed by atoms with van der Waals surface area (Å²) >= 11 is 0. The number of aliphatic carboxylic acids is 1. The Labute approximate surface area is 117 Å². The van der Waals surface area contributed by atoms with E-state index in [1.807, 2.05) is 0 Å². The average Bonchev–Trinajstić information content (AvgIpc) is 2.88. The van der Waals surface area contributed by atoms with Gasteiger partial charge in [0.05, 0.1) is 19.1 Å². The number of amides is 2. The van der Waals surface area contributed by atoms with Gasteiger partial charge in [-0.25, -0.2) is 4.79 Å². The highest BCUT2D eigenvalue weighted by molar-refractivity contribution is 5.91. The van der Waals surface area contributed by atoms with Crippen molar-refractivity contribution < 1.29 is 19.8 Å². The first-order valence-corrected chi connectivity index (χ1v) is 6.60. The number of carboxylic acid groups (broad SMARTS) is 1. The number of nitrogens with one attached hydrogen (secondary N) is 1. The molecule has 1 aliphatic rings. The predicted molar refractivity (Wildman–Crippen MR) is 73.6 cm³/mol. The molecule has 1 atom stereocenters. The molecule has 1 saturated heterocycles. The van der Waals surface area contributed by atoms with Crippen LogP contribution in [0.1, 0.15) is 18.4 Å². The van der Waals surface area contributed by atoms with Crippen molar-refractivity contribution in [3.8, 4) is 0 Å². The lowest BCUT2D eigenvalue weighted by Crippen LogP contribution is -2.40. The number of para-hydroxylation sites is 1. The highest BCUT2D eigenvalue weighted by Crippen LogP contribution is 2.20. The lowest BCUT2D eigenvalue weighted by molar-refractivity contribution is -0.136. The number of carbonyl (C=O) groups is 2. The van der Waals surface area contributed by atoms with Crippen molar-refractivity contribution in [2.45, 2.75) is 25.3 Å². The molecule has 0 spiro atoms. The molecule has 1 aliphatic heterocycles. The van der Waals surface area contributed by atoms with Crippen LogP contribution >= 0.6 is 0 Å². The summed E-state index contributed by atoms with van der Waals surface area (Å²) in [6, 6.07) is 6.40. The molecule has 6 heteroatoms. The number of urea groups is 1. The molecule has 0 radical (unpaired) electrons. The molecule has 2 rings (SSSR count). The van der Waals surface area contributed by atoms with E-state index in [2.05, 4.69) is 5.32 Å². The van der Waals surface area contributed by atoms with Crippen molar-refractivity contribution in [1.82, 2.24) is 4.90 Å². The highest BCUT2D eigenvalue weighted by Gasteiger charge is 2.28. The van der Waals surface area contributed by atoms with Gasteiger partial charge in [0.1, 0.15) is 0 Å². The van der Waals surface area contributed by atoms with Gasteiger partial charge in [0.2, 0.25) is 0 Å². The molecule has 1 aromatic rings. The zero-order valence-electron chi connectivity index (χ0n) is 11.1. The Morgan fingerprint density at radius 1 is 1.35 bits per heavy atom. The van der Waals surface area contributed by atoms with E-state index in [0.717, 1.165) is 12.8 Å². The number of aliphatic hydroxyl groups is 1. The molecule has 0 aliphatic carbocycles. The monoisotopic (exact) mass is 278 g/mol. The quantitative estimate of drug-likeness (QED) is 0.774. The summed E-state index contributed by atoms with van der Waals surface area (Å²) < 4.78 is 0. The molecule has 1 aromatic carbocycles. The largest absolute Gasteiger partial charge is 0.481 e. The number of carboxylic acids is 1. The molecular formula is C14H18N2O4. The van der Waals surface area contributed by atoms with E-state index in [-0.39, 0.29) is 25.1 Å². The zero-order chi connectivity index (χ0) is 14.5. The Bertz CT molecular complexity index is 504. The maximum atomic E-state index is 12.2. The van der Waals surface area contributed by atoms with E-state index in [9.17, 15) is 14.7 Å². The smallest absolute Gasteiger partial charge is 0.322 e. The fraction of sp³-hybridized carbons (Fsp3) is 0.429. The highest BCUT2D eigenvalue weighted by atomic mass is 16.4. The second-order valence-electron chi connectivity index (χ2n) is 4.83. The number of hydrogen-bond donors (Lipinski definition) is 3. The molecule has 108 valence electrons. The van der Waals surface area contributed by atoms with Gasteiger partial charge in [-0.2, -0.15) is 0 Å². The van der Waals surface area contributed by atoms with Crippen LogP contribution in [0, 0.1) is 0 Å². The Morgan fingerprint density at radius 2 is 2.10 bits per heavy atom. The minimum atomic E-state index is -0.943. The van der Waals surface area contributed by atoms with Crippen LogP contribution in [0.3, 0.4) is 0 Å². The third kappa shape index (κ3) is 3.27. The van der Waals surface area contributed by atoms with Crippen molar-refractivity contribution in [1.29, 1.82) is 0 Å². The van der Waals surface area contributed by atoms with Crippen LogP contribution in [0.25, 0.3) is 0 Å². The molecule has 20 heavy (non-hydrogen) atoms. The summed E-state index contributed by atoms with van der Waals surface area (Å²) in [6.45, 7) is 0.558. The van der Waals surface area contributed by atoms with Gasteiger partial charge < -0.3 is 20.4 Å². The summed E-state index contributed by atoms with van der Waals surface area (Å²) in [7, 11) is 0. The van der Waals surface area contributed by atoms with Crippen molar-refractivity contribution in [3.63, 3.8) is 0 Å². The van der Waals surface area contributed by atoms with Crippen molar-refractivity contribution in [2.75, 3.05) is 18.5 Å². The number of likely N-dealkylation sites (tertiary alicyclic amines) is 1. The van der Waals surface area contributed by atoms with E-state index >= 15 is 0 Å². The first-order chi connectivity index (χ1) is 9.61. The van der Waals surface area contributed by atoms with Crippen molar-refractivity contribution in [2.24, 2.45) is 0 Å². The molecule has 1 heterocycles. The minimum absolute atomic E-state index is 0.0514. The summed E-state index contributed by atoms with van der Waals surface area (Å²) in [4.78, 5) is 24.6. The summed E-state index contributed by atoms with van der Waals surface area (Å²) in [5.74, 6) is -0.943. The van der Waals surface area contributed by atoms with Gasteiger partial charge >= 0.3 is 12.0 Å². The summed E-state index contributed by atoms with van der Waals surface area (Å²) in [6.07, 6.45) is 1.52. The van der Waals surface area contributed by atoms with Crippen molar-refractivity contribution in [3.05, 3.63) is 29.8 Å². The van der Waals surface area contributed by atoms with Gasteiger partial charge in [-0.05, 0) is 24.5 Å². The van der Waals surface area contributed by atoms with Gasteiger partial charge in [0.25, 0.3) is 0 Å². The molecule has 0 saturated carbocycles. The Kier molecular flexibility index (Phi) is 4.57. The van der Waals surface area contributed by atoms with Gasteiger partial charge in [-0.1, -0.05) is 18.2 Å². The molecule has 0 aromatic heterocycles. The predicted octanol–water partition coefficient (Wildman–Crippen LogP) is 1.30. The Balaban J connectivity index is 2.09. The lowest BCUT2D eigenvalue weighted by Gasteiger charge is -2.23. The minimum Gasteiger partial charge on any atom is -0.481 e. The fourth-order valence-electron chi connectivity index (χ4n) is 2.44. The zero-order valence-corrected chi connectivity index (χ0v) is 11.1. The third-order valence-electron chi connectivity index (χ3n) is 3.45. The second kappa shape index (κ2) is 6.38. The van der Waals surface area contributed by atoms with Crippen LogP contribution in [0.15, 0.2) is 24.3 Å². The average molecular weight is 278 g/mol. The van der Waals surface area contributed by atoms with Gasteiger partial charge in [0, 0.05) is 12.2 Å². The maximum Gasteiger partial charge on any atom is 0.322 e. The van der Waals surface area contributed by atoms with Crippen LogP contribution in [0.4, 0.5) is 10.5 Å². The number of aliphatic hydroxyl groups excluding tert-OH is 1. The lowest BCUT2D eigenvalue weighted by atomic mass is 10.1. The molecule has 2 amide bonds. The van der Waals surface area contributed by atoms with E-state index in [0.29, 0.717) is 17.8 Å². The van der Waals surface area contributed by atoms with Crippen LogP contribution < -0.4 is 5.32 Å². The number of carbonyl (C=O) groups excluding carboxylic acids is 1. The van der Waals surface area contributed by atoms with Gasteiger partial charge in [0.15, 0.2) is 0 Å². The number of rotatable bonds is 4. The number of anilines is 1. The summed E-state index contributed by atoms with van der Waals surface area (Å²) in [5.41, 5.74) is 1.07. The molecule has 1 fully saturated rings. The summed E-state index contributed by atoms with van der Waals surface area (Å²) in [5, 5.41) is 20.8. The number of benzene rings is 1. The SMILES string of the molecule is O=C(O)Cc1ccccc1NC(=O)N1CCCC1CO. The second-order valence-corrected chi connectivity index (χ2v) is 4.83. The van der Waals surface area contributed by atoms with Crippen LogP contribution in [-0.4, -0.2) is 46.3 Å². The molecule has 6 nitrogen and oxygen atoms in total.